The molecule has 0 amide bonds. The first-order valence-corrected chi connectivity index (χ1v) is 3.80. The molecule has 2 rings (SSSR count). The molecule has 1 aliphatic rings. The first-order valence-electron chi connectivity index (χ1n) is 3.80. The van der Waals surface area contributed by atoms with Gasteiger partial charge in [-0.15, -0.1) is 0 Å². The highest BCUT2D eigenvalue weighted by Gasteiger charge is 2.34. The molecule has 0 aliphatic carbocycles. The average Bonchev–Trinajstić information content (AvgIpc) is 2.02. The van der Waals surface area contributed by atoms with Crippen LogP contribution in [0.5, 0.6) is 0 Å². The fourth-order valence-electron chi connectivity index (χ4n) is 1.31. The molecule has 1 aliphatic heterocycles. The molecule has 0 aromatic heterocycles. The van der Waals surface area contributed by atoms with Crippen molar-refractivity contribution >= 4 is 0 Å². The third kappa shape index (κ3) is 1.05. The first kappa shape index (κ1) is 6.86. The van der Waals surface area contributed by atoms with E-state index in [1.807, 2.05) is 18.2 Å². The Kier molecular flexibility index (Phi) is 1.46. The molecule has 11 heavy (non-hydrogen) atoms. The Hall–Kier alpha value is -0.820. The molecule has 1 aromatic carbocycles. The van der Waals surface area contributed by atoms with Gasteiger partial charge in [-0.1, -0.05) is 30.3 Å². The van der Waals surface area contributed by atoms with E-state index in [-0.39, 0.29) is 5.41 Å². The molecule has 1 aromatic rings. The molecule has 1 saturated heterocycles. The average molecular weight is 147 g/mol. The normalized spacial score (nSPS) is 20.8. The number of hydrogen-bond donors (Lipinski definition) is 0. The second-order valence-electron chi connectivity index (χ2n) is 3.14. The van der Waals surface area contributed by atoms with Gasteiger partial charge in [-0.25, -0.2) is 0 Å². The molecule has 1 heteroatoms. The summed E-state index contributed by atoms with van der Waals surface area (Å²) in [4.78, 5) is 0. The molecule has 0 spiro atoms. The topological polar surface area (TPSA) is 9.23 Å². The van der Waals surface area contributed by atoms with E-state index in [1.165, 1.54) is 5.56 Å². The Morgan fingerprint density at radius 1 is 1.18 bits per heavy atom. The summed E-state index contributed by atoms with van der Waals surface area (Å²) in [6.07, 6.45) is 0. The summed E-state index contributed by atoms with van der Waals surface area (Å²) in [5.41, 5.74) is 1.33. The smallest absolute Gasteiger partial charge is 0.0585 e. The Morgan fingerprint density at radius 2 is 1.82 bits per heavy atom. The summed E-state index contributed by atoms with van der Waals surface area (Å²) in [6.45, 7) is 5.64. The lowest BCUT2D eigenvalue weighted by Crippen LogP contribution is -2.44. The Balaban J connectivity index is 2.29. The summed E-state index contributed by atoms with van der Waals surface area (Å²) in [6, 6.07) is 10.3. The summed E-state index contributed by atoms with van der Waals surface area (Å²) < 4.78 is 5.13. The van der Waals surface area contributed by atoms with Crippen molar-refractivity contribution in [1.82, 2.24) is 0 Å². The van der Waals surface area contributed by atoms with Crippen LogP contribution in [0.25, 0.3) is 0 Å². The number of benzene rings is 1. The van der Waals surface area contributed by atoms with Crippen molar-refractivity contribution in [1.29, 1.82) is 0 Å². The van der Waals surface area contributed by atoms with E-state index in [0.717, 1.165) is 13.2 Å². The fourth-order valence-corrected chi connectivity index (χ4v) is 1.31. The molecular formula is C10H11O. The summed E-state index contributed by atoms with van der Waals surface area (Å²) in [7, 11) is 0. The van der Waals surface area contributed by atoms with Crippen molar-refractivity contribution in [2.75, 3.05) is 13.2 Å². The minimum absolute atomic E-state index is 0.0429. The third-order valence-corrected chi connectivity index (χ3v) is 2.14. The van der Waals surface area contributed by atoms with Gasteiger partial charge >= 0.3 is 0 Å². The quantitative estimate of drug-likeness (QED) is 0.588. The number of hydrogen-bond acceptors (Lipinski definition) is 1. The van der Waals surface area contributed by atoms with Crippen molar-refractivity contribution in [2.24, 2.45) is 0 Å². The van der Waals surface area contributed by atoms with Crippen molar-refractivity contribution in [3.8, 4) is 0 Å². The second kappa shape index (κ2) is 2.35. The van der Waals surface area contributed by atoms with Gasteiger partial charge in [0.1, 0.15) is 0 Å². The fraction of sp³-hybridized carbons (Fsp3) is 0.300. The first-order chi connectivity index (χ1) is 5.31. The SMILES string of the molecule is [CH2]C1(c2ccccc2)COC1. The highest BCUT2D eigenvalue weighted by molar-refractivity contribution is 5.28. The highest BCUT2D eigenvalue weighted by Crippen LogP contribution is 2.30. The molecule has 57 valence electrons. The van der Waals surface area contributed by atoms with Gasteiger partial charge < -0.3 is 4.74 Å². The maximum atomic E-state index is 5.13. The maximum Gasteiger partial charge on any atom is 0.0585 e. The van der Waals surface area contributed by atoms with Gasteiger partial charge in [-0.3, -0.25) is 0 Å². The lowest BCUT2D eigenvalue weighted by atomic mass is 9.81. The molecule has 1 fully saturated rings. The largest absolute Gasteiger partial charge is 0.379 e. The molecule has 1 radical (unpaired) electrons. The monoisotopic (exact) mass is 147 g/mol. The van der Waals surface area contributed by atoms with Gasteiger partial charge in [0.25, 0.3) is 0 Å². The number of ether oxygens (including phenoxy) is 1. The molecular weight excluding hydrogens is 136 g/mol. The van der Waals surface area contributed by atoms with E-state index in [9.17, 15) is 0 Å². The lowest BCUT2D eigenvalue weighted by molar-refractivity contribution is -0.0356. The molecule has 0 bridgehead atoms. The molecule has 0 saturated carbocycles. The Bertz CT molecular complexity index is 236. The summed E-state index contributed by atoms with van der Waals surface area (Å²) in [5, 5.41) is 0. The van der Waals surface area contributed by atoms with Crippen molar-refractivity contribution in [2.45, 2.75) is 5.41 Å². The zero-order valence-corrected chi connectivity index (χ0v) is 6.42. The van der Waals surface area contributed by atoms with Crippen LogP contribution in [0.2, 0.25) is 0 Å². The minimum atomic E-state index is 0.0429. The molecule has 1 nitrogen and oxygen atoms in total. The zero-order valence-electron chi connectivity index (χ0n) is 6.42. The standard InChI is InChI=1S/C10H11O/c1-10(7-11-8-10)9-5-3-2-4-6-9/h2-6H,1,7-8H2. The van der Waals surface area contributed by atoms with Gasteiger partial charge in [0, 0.05) is 5.41 Å². The zero-order chi connectivity index (χ0) is 7.73. The minimum Gasteiger partial charge on any atom is -0.379 e. The van der Waals surface area contributed by atoms with Crippen LogP contribution in [0.3, 0.4) is 0 Å². The molecule has 1 heterocycles. The molecule has 0 unspecified atom stereocenters. The molecule has 0 N–H and O–H groups in total. The van der Waals surface area contributed by atoms with Gasteiger partial charge in [0.05, 0.1) is 13.2 Å². The van der Waals surface area contributed by atoms with Gasteiger partial charge in [-0.05, 0) is 12.5 Å². The van der Waals surface area contributed by atoms with Crippen LogP contribution in [0.1, 0.15) is 5.56 Å². The van der Waals surface area contributed by atoms with Gasteiger partial charge in [0.2, 0.25) is 0 Å². The van der Waals surface area contributed by atoms with E-state index in [1.54, 1.807) is 0 Å². The van der Waals surface area contributed by atoms with Crippen LogP contribution in [-0.4, -0.2) is 13.2 Å². The van der Waals surface area contributed by atoms with Gasteiger partial charge in [-0.2, -0.15) is 0 Å². The van der Waals surface area contributed by atoms with Crippen LogP contribution in [0.4, 0.5) is 0 Å². The predicted molar refractivity (Wildman–Crippen MR) is 44.3 cm³/mol. The van der Waals surface area contributed by atoms with Crippen LogP contribution in [-0.2, 0) is 10.2 Å². The maximum absolute atomic E-state index is 5.13. The summed E-state index contributed by atoms with van der Waals surface area (Å²) in [5.74, 6) is 0. The molecule has 0 atom stereocenters. The lowest BCUT2D eigenvalue weighted by Gasteiger charge is -2.38. The Labute approximate surface area is 67.0 Å². The van der Waals surface area contributed by atoms with E-state index < -0.39 is 0 Å². The predicted octanol–water partition coefficient (Wildman–Crippen LogP) is 1.79. The van der Waals surface area contributed by atoms with E-state index in [0.29, 0.717) is 0 Å². The van der Waals surface area contributed by atoms with Crippen molar-refractivity contribution in [3.05, 3.63) is 42.8 Å². The third-order valence-electron chi connectivity index (χ3n) is 2.14. The van der Waals surface area contributed by atoms with E-state index in [2.05, 4.69) is 19.1 Å². The van der Waals surface area contributed by atoms with Crippen LogP contribution < -0.4 is 0 Å². The Morgan fingerprint density at radius 3 is 2.27 bits per heavy atom. The second-order valence-corrected chi connectivity index (χ2v) is 3.14. The van der Waals surface area contributed by atoms with Crippen LogP contribution in [0, 0.1) is 6.92 Å². The van der Waals surface area contributed by atoms with Crippen LogP contribution in [0.15, 0.2) is 30.3 Å². The van der Waals surface area contributed by atoms with E-state index >= 15 is 0 Å². The highest BCUT2D eigenvalue weighted by atomic mass is 16.5. The van der Waals surface area contributed by atoms with E-state index in [4.69, 9.17) is 4.74 Å². The number of rotatable bonds is 1. The van der Waals surface area contributed by atoms with Crippen molar-refractivity contribution in [3.63, 3.8) is 0 Å². The van der Waals surface area contributed by atoms with Crippen molar-refractivity contribution < 1.29 is 4.74 Å². The summed E-state index contributed by atoms with van der Waals surface area (Å²) >= 11 is 0. The van der Waals surface area contributed by atoms with Gasteiger partial charge in [0.15, 0.2) is 0 Å². The van der Waals surface area contributed by atoms with Crippen LogP contribution >= 0.6 is 0 Å².